The van der Waals surface area contributed by atoms with Gasteiger partial charge in [0.1, 0.15) is 0 Å². The zero-order valence-corrected chi connectivity index (χ0v) is 12.5. The summed E-state index contributed by atoms with van der Waals surface area (Å²) in [7, 11) is 0. The second-order valence-corrected chi connectivity index (χ2v) is 5.91. The van der Waals surface area contributed by atoms with Crippen molar-refractivity contribution in [1.82, 2.24) is 5.32 Å². The van der Waals surface area contributed by atoms with Crippen molar-refractivity contribution >= 4 is 17.5 Å². The van der Waals surface area contributed by atoms with Crippen LogP contribution in [0.3, 0.4) is 0 Å². The van der Waals surface area contributed by atoms with Crippen molar-refractivity contribution in [2.24, 2.45) is 5.92 Å². The summed E-state index contributed by atoms with van der Waals surface area (Å²) in [5, 5.41) is 2.93. The molecule has 0 fully saturated rings. The van der Waals surface area contributed by atoms with Gasteiger partial charge in [-0.15, -0.1) is 11.6 Å². The Kier molecular flexibility index (Phi) is 4.87. The van der Waals surface area contributed by atoms with Crippen LogP contribution in [0.1, 0.15) is 60.0 Å². The first kappa shape index (κ1) is 14.4. The second kappa shape index (κ2) is 6.42. The highest BCUT2D eigenvalue weighted by molar-refractivity contribution is 6.21. The molecule has 0 saturated heterocycles. The van der Waals surface area contributed by atoms with Crippen molar-refractivity contribution in [2.45, 2.75) is 44.9 Å². The van der Waals surface area contributed by atoms with Crippen molar-refractivity contribution in [3.8, 4) is 0 Å². The third-order valence-electron chi connectivity index (χ3n) is 3.85. The van der Waals surface area contributed by atoms with Gasteiger partial charge >= 0.3 is 0 Å². The summed E-state index contributed by atoms with van der Waals surface area (Å²) in [5.41, 5.74) is 3.02. The molecule has 0 saturated carbocycles. The van der Waals surface area contributed by atoms with Crippen LogP contribution in [-0.4, -0.2) is 12.5 Å². The minimum atomic E-state index is -0.0127. The number of nitrogens with one attached hydrogen (secondary N) is 1. The standard InChI is InChI=1S/C16H22ClNO/c1-3-5-11(2)15(17)13-8-7-12-6-4-9-18-16(19)14(12)10-13/h7-8,10-11,15H,3-6,9H2,1-2H3,(H,18,19). The molecule has 1 aliphatic rings. The van der Waals surface area contributed by atoms with Crippen LogP contribution in [0.4, 0.5) is 0 Å². The van der Waals surface area contributed by atoms with Gasteiger partial charge in [0.2, 0.25) is 0 Å². The Morgan fingerprint density at radius 1 is 1.42 bits per heavy atom. The molecule has 0 aromatic heterocycles. The number of fused-ring (bicyclic) bond motifs is 1. The maximum Gasteiger partial charge on any atom is 0.251 e. The van der Waals surface area contributed by atoms with Crippen molar-refractivity contribution in [1.29, 1.82) is 0 Å². The normalized spacial score (nSPS) is 18.2. The molecule has 19 heavy (non-hydrogen) atoms. The van der Waals surface area contributed by atoms with Crippen molar-refractivity contribution < 1.29 is 4.79 Å². The highest BCUT2D eigenvalue weighted by atomic mass is 35.5. The lowest BCUT2D eigenvalue weighted by Crippen LogP contribution is -2.22. The number of benzene rings is 1. The lowest BCUT2D eigenvalue weighted by Gasteiger charge is -2.19. The summed E-state index contributed by atoms with van der Waals surface area (Å²) in [4.78, 5) is 12.0. The Morgan fingerprint density at radius 2 is 2.21 bits per heavy atom. The minimum absolute atomic E-state index is 0.0127. The van der Waals surface area contributed by atoms with Gasteiger partial charge in [0, 0.05) is 12.1 Å². The van der Waals surface area contributed by atoms with Crippen LogP contribution >= 0.6 is 11.6 Å². The van der Waals surface area contributed by atoms with E-state index in [4.69, 9.17) is 11.6 Å². The van der Waals surface area contributed by atoms with Gasteiger partial charge in [0.25, 0.3) is 5.91 Å². The van der Waals surface area contributed by atoms with E-state index < -0.39 is 0 Å². The number of rotatable bonds is 4. The van der Waals surface area contributed by atoms with E-state index in [1.807, 2.05) is 6.07 Å². The first-order valence-electron chi connectivity index (χ1n) is 7.18. The largest absolute Gasteiger partial charge is 0.352 e. The van der Waals surface area contributed by atoms with Crippen molar-refractivity contribution in [3.05, 3.63) is 34.9 Å². The highest BCUT2D eigenvalue weighted by Gasteiger charge is 2.20. The molecule has 1 N–H and O–H groups in total. The molecular weight excluding hydrogens is 258 g/mol. The molecule has 1 amide bonds. The summed E-state index contributed by atoms with van der Waals surface area (Å²) in [5.74, 6) is 0.472. The van der Waals surface area contributed by atoms with E-state index in [9.17, 15) is 4.79 Å². The molecule has 2 rings (SSSR count). The van der Waals surface area contributed by atoms with Crippen molar-refractivity contribution in [3.63, 3.8) is 0 Å². The van der Waals surface area contributed by atoms with Gasteiger partial charge < -0.3 is 5.32 Å². The maximum atomic E-state index is 12.0. The van der Waals surface area contributed by atoms with E-state index in [-0.39, 0.29) is 11.3 Å². The fraction of sp³-hybridized carbons (Fsp3) is 0.562. The number of amides is 1. The zero-order valence-electron chi connectivity index (χ0n) is 11.7. The molecule has 2 nitrogen and oxygen atoms in total. The first-order valence-corrected chi connectivity index (χ1v) is 7.62. The Bertz CT molecular complexity index is 458. The van der Waals surface area contributed by atoms with Crippen LogP contribution in [-0.2, 0) is 6.42 Å². The van der Waals surface area contributed by atoms with E-state index in [0.29, 0.717) is 5.92 Å². The molecule has 0 spiro atoms. The fourth-order valence-electron chi connectivity index (χ4n) is 2.70. The molecule has 0 radical (unpaired) electrons. The minimum Gasteiger partial charge on any atom is -0.352 e. The molecule has 0 aliphatic carbocycles. The molecule has 2 atom stereocenters. The molecule has 1 aliphatic heterocycles. The van der Waals surface area contributed by atoms with Gasteiger partial charge in [-0.3, -0.25) is 4.79 Å². The van der Waals surface area contributed by atoms with Crippen LogP contribution in [0.2, 0.25) is 0 Å². The van der Waals surface area contributed by atoms with Crippen LogP contribution in [0, 0.1) is 5.92 Å². The van der Waals surface area contributed by atoms with E-state index in [2.05, 4.69) is 31.3 Å². The van der Waals surface area contributed by atoms with Crippen LogP contribution < -0.4 is 5.32 Å². The topological polar surface area (TPSA) is 29.1 Å². The number of hydrogen-bond donors (Lipinski definition) is 1. The van der Waals surface area contributed by atoms with Crippen LogP contribution in [0.5, 0.6) is 0 Å². The second-order valence-electron chi connectivity index (χ2n) is 5.44. The van der Waals surface area contributed by atoms with Gasteiger partial charge in [-0.05, 0) is 42.4 Å². The number of alkyl halides is 1. The van der Waals surface area contributed by atoms with E-state index in [1.165, 1.54) is 0 Å². The Morgan fingerprint density at radius 3 is 2.95 bits per heavy atom. The first-order chi connectivity index (χ1) is 9.13. The van der Waals surface area contributed by atoms with Gasteiger partial charge in [0.15, 0.2) is 0 Å². The molecular formula is C16H22ClNO. The molecule has 1 aromatic carbocycles. The van der Waals surface area contributed by atoms with Gasteiger partial charge in [-0.1, -0.05) is 32.4 Å². The van der Waals surface area contributed by atoms with E-state index in [0.717, 1.165) is 48.9 Å². The lowest BCUT2D eigenvalue weighted by molar-refractivity contribution is 0.0956. The lowest BCUT2D eigenvalue weighted by atomic mass is 9.93. The number of aryl methyl sites for hydroxylation is 1. The molecule has 1 aromatic rings. The van der Waals surface area contributed by atoms with Gasteiger partial charge in [0.05, 0.1) is 5.38 Å². The molecule has 2 unspecified atom stereocenters. The summed E-state index contributed by atoms with van der Waals surface area (Å²) in [6, 6.07) is 6.14. The molecule has 104 valence electrons. The Hall–Kier alpha value is -1.02. The van der Waals surface area contributed by atoms with Gasteiger partial charge in [-0.2, -0.15) is 0 Å². The summed E-state index contributed by atoms with van der Waals surface area (Å²) >= 11 is 6.53. The highest BCUT2D eigenvalue weighted by Crippen LogP contribution is 2.33. The summed E-state index contributed by atoms with van der Waals surface area (Å²) in [6.07, 6.45) is 4.22. The third-order valence-corrected chi connectivity index (χ3v) is 4.53. The van der Waals surface area contributed by atoms with Crippen LogP contribution in [0.15, 0.2) is 18.2 Å². The van der Waals surface area contributed by atoms with E-state index in [1.54, 1.807) is 0 Å². The van der Waals surface area contributed by atoms with Crippen LogP contribution in [0.25, 0.3) is 0 Å². The molecule has 1 heterocycles. The average Bonchev–Trinajstić information content (AvgIpc) is 2.60. The monoisotopic (exact) mass is 279 g/mol. The SMILES string of the molecule is CCCC(C)C(Cl)c1ccc2c(c1)C(=O)NCCC2. The number of hydrogen-bond acceptors (Lipinski definition) is 1. The van der Waals surface area contributed by atoms with Gasteiger partial charge in [-0.25, -0.2) is 0 Å². The predicted molar refractivity (Wildman–Crippen MR) is 79.8 cm³/mol. The molecule has 0 bridgehead atoms. The Labute approximate surface area is 120 Å². The summed E-state index contributed by atoms with van der Waals surface area (Å²) < 4.78 is 0. The number of halogens is 1. The fourth-order valence-corrected chi connectivity index (χ4v) is 2.96. The average molecular weight is 280 g/mol. The summed E-state index contributed by atoms with van der Waals surface area (Å²) in [6.45, 7) is 5.11. The predicted octanol–water partition coefficient (Wildman–Crippen LogP) is 4.08. The van der Waals surface area contributed by atoms with Crippen molar-refractivity contribution in [2.75, 3.05) is 6.54 Å². The zero-order chi connectivity index (χ0) is 13.8. The van der Waals surface area contributed by atoms with E-state index >= 15 is 0 Å². The Balaban J connectivity index is 2.26. The molecule has 3 heteroatoms. The smallest absolute Gasteiger partial charge is 0.251 e. The third kappa shape index (κ3) is 3.30. The number of carbonyl (C=O) groups is 1. The number of carbonyl (C=O) groups excluding carboxylic acids is 1. The maximum absolute atomic E-state index is 12.0. The quantitative estimate of drug-likeness (QED) is 0.827.